The highest BCUT2D eigenvalue weighted by molar-refractivity contribution is 7.89. The SMILES string of the molecule is COCCCCc1cc(COC2CCC(COS(C)(=O)=O)N(S(=O)(=O)c3ccc(C)cc3)C2)cc(C)n1. The van der Waals surface area contributed by atoms with Gasteiger partial charge in [-0.05, 0) is 75.8 Å². The van der Waals surface area contributed by atoms with Crippen molar-refractivity contribution in [1.82, 2.24) is 9.29 Å². The first-order chi connectivity index (χ1) is 17.5. The van der Waals surface area contributed by atoms with Gasteiger partial charge >= 0.3 is 0 Å². The second kappa shape index (κ2) is 13.3. The fraction of sp³-hybridized carbons (Fsp3) is 0.577. The van der Waals surface area contributed by atoms with E-state index in [1.54, 1.807) is 31.4 Å². The Hall–Kier alpha value is -1.89. The Bertz CT molecular complexity index is 1230. The summed E-state index contributed by atoms with van der Waals surface area (Å²) >= 11 is 0. The molecule has 0 N–H and O–H groups in total. The number of pyridine rings is 1. The highest BCUT2D eigenvalue weighted by atomic mass is 32.2. The first-order valence-electron chi connectivity index (χ1n) is 12.5. The zero-order valence-electron chi connectivity index (χ0n) is 22.1. The van der Waals surface area contributed by atoms with Crippen LogP contribution in [0.3, 0.4) is 0 Å². The number of methoxy groups -OCH3 is 1. The van der Waals surface area contributed by atoms with Crippen LogP contribution >= 0.6 is 0 Å². The summed E-state index contributed by atoms with van der Waals surface area (Å²) in [4.78, 5) is 4.77. The number of unbranched alkanes of at least 4 members (excludes halogenated alkanes) is 1. The van der Waals surface area contributed by atoms with Crippen LogP contribution in [0.1, 0.15) is 48.2 Å². The Kier molecular flexibility index (Phi) is 10.6. The Morgan fingerprint density at radius 1 is 1.03 bits per heavy atom. The molecule has 11 heteroatoms. The maximum Gasteiger partial charge on any atom is 0.264 e. The van der Waals surface area contributed by atoms with Crippen molar-refractivity contribution in [2.24, 2.45) is 0 Å². The largest absolute Gasteiger partial charge is 0.385 e. The van der Waals surface area contributed by atoms with Crippen molar-refractivity contribution in [2.75, 3.05) is 33.1 Å². The molecular weight excluding hydrogens is 516 g/mol. The summed E-state index contributed by atoms with van der Waals surface area (Å²) in [5, 5.41) is 0. The van der Waals surface area contributed by atoms with Gasteiger partial charge in [0.15, 0.2) is 0 Å². The van der Waals surface area contributed by atoms with E-state index >= 15 is 0 Å². The lowest BCUT2D eigenvalue weighted by atomic mass is 10.0. The average Bonchev–Trinajstić information content (AvgIpc) is 2.84. The number of benzene rings is 1. The van der Waals surface area contributed by atoms with Crippen LogP contribution in [0.2, 0.25) is 0 Å². The molecule has 3 rings (SSSR count). The molecule has 2 heterocycles. The molecule has 1 saturated heterocycles. The molecule has 9 nitrogen and oxygen atoms in total. The third kappa shape index (κ3) is 9.12. The summed E-state index contributed by atoms with van der Waals surface area (Å²) in [5.74, 6) is 0. The molecule has 1 fully saturated rings. The summed E-state index contributed by atoms with van der Waals surface area (Å²) in [5.41, 5.74) is 3.85. The van der Waals surface area contributed by atoms with Gasteiger partial charge in [-0.1, -0.05) is 17.7 Å². The molecule has 2 atom stereocenters. The standard InChI is InChI=1S/C26H38N2O7S2/c1-20-8-12-26(13-9-20)37(31,32)28-17-25(11-10-24(28)19-35-36(4,29)30)34-18-22-15-21(2)27-23(16-22)7-5-6-14-33-3/h8-9,12-13,15-16,24-25H,5-7,10-11,14,17-19H2,1-4H3. The van der Waals surface area contributed by atoms with Crippen LogP contribution in [0.15, 0.2) is 41.3 Å². The molecule has 2 unspecified atom stereocenters. The predicted molar refractivity (Wildman–Crippen MR) is 141 cm³/mol. The average molecular weight is 555 g/mol. The van der Waals surface area contributed by atoms with Crippen LogP contribution in [0.25, 0.3) is 0 Å². The highest BCUT2D eigenvalue weighted by Crippen LogP contribution is 2.28. The number of nitrogens with zero attached hydrogens (tertiary/aromatic N) is 2. The van der Waals surface area contributed by atoms with Crippen LogP contribution in [-0.2, 0) is 46.8 Å². The maximum absolute atomic E-state index is 13.5. The van der Waals surface area contributed by atoms with E-state index in [-0.39, 0.29) is 24.2 Å². The highest BCUT2D eigenvalue weighted by Gasteiger charge is 2.38. The lowest BCUT2D eigenvalue weighted by molar-refractivity contribution is -0.00998. The van der Waals surface area contributed by atoms with Crippen LogP contribution in [0.5, 0.6) is 0 Å². The smallest absolute Gasteiger partial charge is 0.264 e. The molecule has 0 saturated carbocycles. The molecule has 1 aliphatic heterocycles. The molecule has 1 aromatic heterocycles. The van der Waals surface area contributed by atoms with E-state index in [0.29, 0.717) is 19.4 Å². The normalized spacial score (nSPS) is 19.2. The Morgan fingerprint density at radius 3 is 2.43 bits per heavy atom. The van der Waals surface area contributed by atoms with Gasteiger partial charge in [-0.15, -0.1) is 0 Å². The number of rotatable bonds is 13. The third-order valence-electron chi connectivity index (χ3n) is 6.30. The minimum Gasteiger partial charge on any atom is -0.385 e. The van der Waals surface area contributed by atoms with E-state index in [4.69, 9.17) is 13.7 Å². The van der Waals surface area contributed by atoms with Crippen LogP contribution in [0.4, 0.5) is 0 Å². The molecule has 37 heavy (non-hydrogen) atoms. The van der Waals surface area contributed by atoms with Gasteiger partial charge in [0.1, 0.15) is 0 Å². The topological polar surface area (TPSA) is 112 Å². The fourth-order valence-electron chi connectivity index (χ4n) is 4.40. The number of aryl methyl sites for hydroxylation is 3. The van der Waals surface area contributed by atoms with Crippen molar-refractivity contribution in [3.05, 3.63) is 58.9 Å². The van der Waals surface area contributed by atoms with Crippen molar-refractivity contribution >= 4 is 20.1 Å². The van der Waals surface area contributed by atoms with Gasteiger partial charge in [-0.25, -0.2) is 8.42 Å². The lowest BCUT2D eigenvalue weighted by Crippen LogP contribution is -2.51. The van der Waals surface area contributed by atoms with E-state index in [2.05, 4.69) is 4.98 Å². The quantitative estimate of drug-likeness (QED) is 0.274. The first-order valence-corrected chi connectivity index (χ1v) is 15.7. The lowest BCUT2D eigenvalue weighted by Gasteiger charge is -2.38. The van der Waals surface area contributed by atoms with Crippen LogP contribution in [-0.4, -0.2) is 71.4 Å². The van der Waals surface area contributed by atoms with Gasteiger partial charge in [0.05, 0.1) is 36.5 Å². The predicted octanol–water partition coefficient (Wildman–Crippen LogP) is 3.38. The van der Waals surface area contributed by atoms with E-state index in [0.717, 1.165) is 54.6 Å². The fourth-order valence-corrected chi connectivity index (χ4v) is 6.48. The van der Waals surface area contributed by atoms with Gasteiger partial charge in [0.2, 0.25) is 10.0 Å². The zero-order valence-corrected chi connectivity index (χ0v) is 23.7. The van der Waals surface area contributed by atoms with E-state index in [9.17, 15) is 16.8 Å². The van der Waals surface area contributed by atoms with Gasteiger partial charge in [-0.3, -0.25) is 9.17 Å². The second-order valence-electron chi connectivity index (χ2n) is 9.60. The molecule has 0 bridgehead atoms. The number of piperidine rings is 1. The molecule has 2 aromatic rings. The van der Waals surface area contributed by atoms with Gasteiger partial charge in [0, 0.05) is 31.6 Å². The summed E-state index contributed by atoms with van der Waals surface area (Å²) < 4.78 is 67.9. The number of sulfonamides is 1. The summed E-state index contributed by atoms with van der Waals surface area (Å²) in [7, 11) is -5.89. The summed E-state index contributed by atoms with van der Waals surface area (Å²) in [6.07, 6.45) is 4.44. The number of hydrogen-bond acceptors (Lipinski definition) is 8. The minimum absolute atomic E-state index is 0.113. The van der Waals surface area contributed by atoms with Gasteiger partial charge in [0.25, 0.3) is 10.1 Å². The molecule has 0 aliphatic carbocycles. The third-order valence-corrected chi connectivity index (χ3v) is 8.79. The van der Waals surface area contributed by atoms with Crippen molar-refractivity contribution in [1.29, 1.82) is 0 Å². The van der Waals surface area contributed by atoms with E-state index < -0.39 is 26.2 Å². The Balaban J connectivity index is 1.72. The van der Waals surface area contributed by atoms with Crippen molar-refractivity contribution in [3.63, 3.8) is 0 Å². The molecular formula is C26H38N2O7S2. The van der Waals surface area contributed by atoms with E-state index in [1.165, 1.54) is 4.31 Å². The molecule has 0 spiro atoms. The zero-order chi connectivity index (χ0) is 27.1. The monoisotopic (exact) mass is 554 g/mol. The molecule has 1 aromatic carbocycles. The minimum atomic E-state index is -3.88. The van der Waals surface area contributed by atoms with Gasteiger partial charge < -0.3 is 9.47 Å². The number of ether oxygens (including phenoxy) is 2. The summed E-state index contributed by atoms with van der Waals surface area (Å²) in [6, 6.07) is 10.0. The maximum atomic E-state index is 13.5. The van der Waals surface area contributed by atoms with E-state index in [1.807, 2.05) is 26.0 Å². The molecule has 206 valence electrons. The van der Waals surface area contributed by atoms with Crippen molar-refractivity contribution in [2.45, 2.75) is 69.6 Å². The first kappa shape index (κ1) is 29.7. The molecule has 0 amide bonds. The Morgan fingerprint density at radius 2 is 1.76 bits per heavy atom. The van der Waals surface area contributed by atoms with Crippen LogP contribution < -0.4 is 0 Å². The molecule has 1 aliphatic rings. The Labute approximate surface area is 221 Å². The molecule has 0 radical (unpaired) electrons. The number of aromatic nitrogens is 1. The number of hydrogen-bond donors (Lipinski definition) is 0. The van der Waals surface area contributed by atoms with Gasteiger partial charge in [-0.2, -0.15) is 12.7 Å². The van der Waals surface area contributed by atoms with Crippen molar-refractivity contribution in [3.8, 4) is 0 Å². The van der Waals surface area contributed by atoms with Crippen LogP contribution in [0, 0.1) is 13.8 Å². The second-order valence-corrected chi connectivity index (χ2v) is 13.1. The van der Waals surface area contributed by atoms with Crippen molar-refractivity contribution < 1.29 is 30.5 Å². The summed E-state index contributed by atoms with van der Waals surface area (Å²) in [6.45, 7) is 4.78.